The fraction of sp³-hybridized carbons (Fsp3) is 0.316. The molecule has 154 valence electrons. The summed E-state index contributed by atoms with van der Waals surface area (Å²) in [5, 5.41) is 9.32. The highest BCUT2D eigenvalue weighted by Gasteiger charge is 2.34. The average molecular weight is 424 g/mol. The predicted molar refractivity (Wildman–Crippen MR) is 104 cm³/mol. The molecule has 0 aliphatic rings. The molecule has 0 saturated heterocycles. The molecule has 0 unspecified atom stereocenters. The van der Waals surface area contributed by atoms with Crippen molar-refractivity contribution in [3.8, 4) is 0 Å². The number of alkyl halides is 2. The van der Waals surface area contributed by atoms with Crippen molar-refractivity contribution in [3.63, 3.8) is 0 Å². The summed E-state index contributed by atoms with van der Waals surface area (Å²) in [6.07, 6.45) is 0. The van der Waals surface area contributed by atoms with E-state index < -0.39 is 29.7 Å². The number of benzene rings is 1. The SMILES string of the molecule is COCCn1c(=O)n(CC(F)(F)c2ccccc2)c(=O)c2c(C)c(C(=O)O)sc21. The Kier molecular flexibility index (Phi) is 5.67. The number of hydrogen-bond acceptors (Lipinski definition) is 5. The molecular weight excluding hydrogens is 406 g/mol. The summed E-state index contributed by atoms with van der Waals surface area (Å²) in [6.45, 7) is 0.341. The third-order valence-electron chi connectivity index (χ3n) is 4.56. The van der Waals surface area contributed by atoms with E-state index in [1.165, 1.54) is 38.3 Å². The number of aryl methyl sites for hydroxylation is 1. The number of fused-ring (bicyclic) bond motifs is 1. The number of aromatic nitrogens is 2. The van der Waals surface area contributed by atoms with E-state index in [2.05, 4.69) is 0 Å². The minimum absolute atomic E-state index is 0.0119. The fourth-order valence-electron chi connectivity index (χ4n) is 3.09. The molecule has 0 atom stereocenters. The van der Waals surface area contributed by atoms with Gasteiger partial charge < -0.3 is 9.84 Å². The molecule has 3 aromatic rings. The average Bonchev–Trinajstić information content (AvgIpc) is 3.03. The second-order valence-corrected chi connectivity index (χ2v) is 7.43. The maximum Gasteiger partial charge on any atom is 0.346 e. The smallest absolute Gasteiger partial charge is 0.346 e. The number of carboxylic acid groups (broad SMARTS) is 1. The number of ether oxygens (including phenoxy) is 1. The fourth-order valence-corrected chi connectivity index (χ4v) is 4.25. The Labute approximate surface area is 167 Å². The summed E-state index contributed by atoms with van der Waals surface area (Å²) in [6, 6.07) is 6.89. The lowest BCUT2D eigenvalue weighted by atomic mass is 10.1. The number of rotatable bonds is 7. The summed E-state index contributed by atoms with van der Waals surface area (Å²) in [5.74, 6) is -4.73. The molecule has 0 bridgehead atoms. The van der Waals surface area contributed by atoms with Crippen molar-refractivity contribution in [2.75, 3.05) is 13.7 Å². The van der Waals surface area contributed by atoms with Crippen LogP contribution in [0.15, 0.2) is 39.9 Å². The van der Waals surface area contributed by atoms with Crippen LogP contribution in [0.4, 0.5) is 8.78 Å². The number of aromatic carboxylic acids is 1. The summed E-state index contributed by atoms with van der Waals surface area (Å²) in [7, 11) is 1.41. The van der Waals surface area contributed by atoms with Crippen molar-refractivity contribution in [2.24, 2.45) is 0 Å². The van der Waals surface area contributed by atoms with Crippen LogP contribution in [0.25, 0.3) is 10.2 Å². The number of halogens is 2. The lowest BCUT2D eigenvalue weighted by Crippen LogP contribution is -2.43. The minimum Gasteiger partial charge on any atom is -0.477 e. The van der Waals surface area contributed by atoms with Gasteiger partial charge in [0.15, 0.2) is 0 Å². The van der Waals surface area contributed by atoms with E-state index in [1.54, 1.807) is 6.07 Å². The molecule has 2 aromatic heterocycles. The van der Waals surface area contributed by atoms with E-state index in [1.807, 2.05) is 0 Å². The van der Waals surface area contributed by atoms with Gasteiger partial charge in [-0.3, -0.25) is 13.9 Å². The van der Waals surface area contributed by atoms with Gasteiger partial charge in [-0.25, -0.2) is 9.59 Å². The van der Waals surface area contributed by atoms with Gasteiger partial charge in [-0.1, -0.05) is 30.3 Å². The van der Waals surface area contributed by atoms with Crippen LogP contribution in [-0.2, 0) is 23.7 Å². The van der Waals surface area contributed by atoms with Crippen molar-refractivity contribution >= 4 is 27.5 Å². The van der Waals surface area contributed by atoms with Gasteiger partial charge in [0.2, 0.25) is 0 Å². The molecule has 10 heteroatoms. The van der Waals surface area contributed by atoms with Gasteiger partial charge >= 0.3 is 11.7 Å². The predicted octanol–water partition coefficient (Wildman–Crippen LogP) is 2.67. The molecule has 1 aromatic carbocycles. The summed E-state index contributed by atoms with van der Waals surface area (Å²) in [4.78, 5) is 37.3. The van der Waals surface area contributed by atoms with Gasteiger partial charge in [0.25, 0.3) is 11.5 Å². The van der Waals surface area contributed by atoms with E-state index in [0.29, 0.717) is 4.57 Å². The normalized spacial score (nSPS) is 11.9. The first kappa shape index (κ1) is 20.9. The molecule has 0 fully saturated rings. The summed E-state index contributed by atoms with van der Waals surface area (Å²) in [5.41, 5.74) is -2.06. The second-order valence-electron chi connectivity index (χ2n) is 6.43. The number of methoxy groups -OCH3 is 1. The zero-order valence-corrected chi connectivity index (χ0v) is 16.5. The number of carboxylic acids is 1. The molecule has 2 heterocycles. The highest BCUT2D eigenvalue weighted by Crippen LogP contribution is 2.30. The van der Waals surface area contributed by atoms with Crippen LogP contribution in [0.1, 0.15) is 20.8 Å². The first-order chi connectivity index (χ1) is 13.7. The maximum atomic E-state index is 14.8. The van der Waals surface area contributed by atoms with Crippen LogP contribution >= 0.6 is 11.3 Å². The van der Waals surface area contributed by atoms with Crippen molar-refractivity contribution < 1.29 is 23.4 Å². The van der Waals surface area contributed by atoms with E-state index in [4.69, 9.17) is 4.74 Å². The van der Waals surface area contributed by atoms with Gasteiger partial charge in [0, 0.05) is 12.7 Å². The van der Waals surface area contributed by atoms with E-state index in [0.717, 1.165) is 15.9 Å². The highest BCUT2D eigenvalue weighted by molar-refractivity contribution is 7.20. The topological polar surface area (TPSA) is 90.5 Å². The lowest BCUT2D eigenvalue weighted by Gasteiger charge is -2.19. The van der Waals surface area contributed by atoms with Gasteiger partial charge in [-0.2, -0.15) is 8.78 Å². The van der Waals surface area contributed by atoms with Crippen LogP contribution in [0.3, 0.4) is 0 Å². The molecule has 0 aliphatic heterocycles. The number of nitrogens with zero attached hydrogens (tertiary/aromatic N) is 2. The van der Waals surface area contributed by atoms with Crippen LogP contribution < -0.4 is 11.2 Å². The first-order valence-electron chi connectivity index (χ1n) is 8.61. The summed E-state index contributed by atoms with van der Waals surface area (Å²) < 4.78 is 36.1. The maximum absolute atomic E-state index is 14.8. The Balaban J connectivity index is 2.27. The van der Waals surface area contributed by atoms with Gasteiger partial charge in [0.05, 0.1) is 25.1 Å². The Morgan fingerprint density at radius 1 is 1.21 bits per heavy atom. The largest absolute Gasteiger partial charge is 0.477 e. The standard InChI is InChI=1S/C19H18F2N2O5S/c1-11-13-15(24)23(10-19(20,21)12-6-4-3-5-7-12)18(27)22(8-9-28-2)16(13)29-14(11)17(25)26/h3-7H,8-10H2,1-2H3,(H,25,26). The van der Waals surface area contributed by atoms with Gasteiger partial charge in [0.1, 0.15) is 9.71 Å². The Morgan fingerprint density at radius 3 is 2.45 bits per heavy atom. The molecule has 0 saturated carbocycles. The Bertz CT molecular complexity index is 1180. The molecule has 0 spiro atoms. The first-order valence-corrected chi connectivity index (χ1v) is 9.43. The van der Waals surface area contributed by atoms with Crippen LogP contribution in [-0.4, -0.2) is 33.9 Å². The quantitative estimate of drug-likeness (QED) is 0.630. The second kappa shape index (κ2) is 7.88. The van der Waals surface area contributed by atoms with Crippen LogP contribution in [0.5, 0.6) is 0 Å². The zero-order valence-electron chi connectivity index (χ0n) is 15.6. The molecule has 7 nitrogen and oxygen atoms in total. The van der Waals surface area contributed by atoms with E-state index in [9.17, 15) is 28.3 Å². The van der Waals surface area contributed by atoms with E-state index >= 15 is 0 Å². The van der Waals surface area contributed by atoms with Crippen LogP contribution in [0, 0.1) is 6.92 Å². The number of thiophene rings is 1. The number of carbonyl (C=O) groups is 1. The van der Waals surface area contributed by atoms with Gasteiger partial charge in [-0.05, 0) is 12.5 Å². The van der Waals surface area contributed by atoms with Crippen molar-refractivity contribution in [1.82, 2.24) is 9.13 Å². The minimum atomic E-state index is -3.48. The Hall–Kier alpha value is -2.85. The zero-order chi connectivity index (χ0) is 21.3. The molecule has 29 heavy (non-hydrogen) atoms. The molecule has 0 aliphatic carbocycles. The summed E-state index contributed by atoms with van der Waals surface area (Å²) >= 11 is 0.767. The monoisotopic (exact) mass is 424 g/mol. The van der Waals surface area contributed by atoms with Gasteiger partial charge in [-0.15, -0.1) is 11.3 Å². The molecule has 0 amide bonds. The molecule has 1 N–H and O–H groups in total. The molecular formula is C19H18F2N2O5S. The van der Waals surface area contributed by atoms with Crippen molar-refractivity contribution in [1.29, 1.82) is 0 Å². The lowest BCUT2D eigenvalue weighted by molar-refractivity contribution is -0.0244. The third kappa shape index (κ3) is 3.73. The van der Waals surface area contributed by atoms with E-state index in [-0.39, 0.29) is 39.4 Å². The highest BCUT2D eigenvalue weighted by atomic mass is 32.1. The van der Waals surface area contributed by atoms with Crippen molar-refractivity contribution in [3.05, 3.63) is 67.2 Å². The molecule has 3 rings (SSSR count). The molecule has 0 radical (unpaired) electrons. The third-order valence-corrected chi connectivity index (χ3v) is 5.86. The van der Waals surface area contributed by atoms with Crippen LogP contribution in [0.2, 0.25) is 0 Å². The van der Waals surface area contributed by atoms with Crippen molar-refractivity contribution in [2.45, 2.75) is 25.9 Å². The Morgan fingerprint density at radius 2 is 1.86 bits per heavy atom. The number of hydrogen-bond donors (Lipinski definition) is 1.